The molecule has 0 saturated carbocycles. The first-order chi connectivity index (χ1) is 13.4. The minimum Gasteiger partial charge on any atom is -0.240 e. The molecule has 0 saturated heterocycles. The van der Waals surface area contributed by atoms with Crippen molar-refractivity contribution in [2.75, 3.05) is 0 Å². The molecule has 4 rings (SSSR count). The Bertz CT molecular complexity index is 1230. The number of hydrogen-bond acceptors (Lipinski definition) is 3. The number of sulfonamides is 1. The van der Waals surface area contributed by atoms with Crippen LogP contribution in [0.15, 0.2) is 94.4 Å². The van der Waals surface area contributed by atoms with Crippen LogP contribution in [0, 0.1) is 0 Å². The predicted octanol–water partition coefficient (Wildman–Crippen LogP) is 4.62. The van der Waals surface area contributed by atoms with Crippen molar-refractivity contribution in [3.8, 4) is 28.1 Å². The summed E-state index contributed by atoms with van der Waals surface area (Å²) >= 11 is 3.52. The molecule has 0 unspecified atom stereocenters. The topological polar surface area (TPSA) is 78.0 Å². The number of primary sulfonamides is 1. The molecule has 0 aliphatic rings. The highest BCUT2D eigenvalue weighted by Gasteiger charge is 2.15. The Labute approximate surface area is 171 Å². The van der Waals surface area contributed by atoms with Gasteiger partial charge in [0.05, 0.1) is 10.6 Å². The van der Waals surface area contributed by atoms with Gasteiger partial charge in [-0.3, -0.25) is 0 Å². The zero-order chi connectivity index (χ0) is 19.7. The lowest BCUT2D eigenvalue weighted by Crippen LogP contribution is -2.12. The van der Waals surface area contributed by atoms with E-state index in [2.05, 4.69) is 15.9 Å². The first-order valence-corrected chi connectivity index (χ1v) is 10.8. The zero-order valence-corrected chi connectivity index (χ0v) is 17.1. The molecule has 0 aliphatic carbocycles. The van der Waals surface area contributed by atoms with Gasteiger partial charge in [-0.2, -0.15) is 5.10 Å². The number of halogens is 1. The third-order valence-corrected chi connectivity index (χ3v) is 5.75. The Balaban J connectivity index is 1.86. The third kappa shape index (κ3) is 3.77. The molecule has 1 aromatic heterocycles. The van der Waals surface area contributed by atoms with E-state index < -0.39 is 10.0 Å². The molecule has 5 nitrogen and oxygen atoms in total. The highest BCUT2D eigenvalue weighted by Crippen LogP contribution is 2.33. The van der Waals surface area contributed by atoms with Gasteiger partial charge >= 0.3 is 0 Å². The summed E-state index contributed by atoms with van der Waals surface area (Å²) in [4.78, 5) is 0.0684. The van der Waals surface area contributed by atoms with Gasteiger partial charge in [0, 0.05) is 21.8 Å². The van der Waals surface area contributed by atoms with E-state index in [1.165, 1.54) is 12.1 Å². The number of rotatable bonds is 4. The van der Waals surface area contributed by atoms with Crippen LogP contribution < -0.4 is 5.14 Å². The van der Waals surface area contributed by atoms with Crippen LogP contribution in [0.4, 0.5) is 0 Å². The molecule has 3 aromatic carbocycles. The van der Waals surface area contributed by atoms with Gasteiger partial charge < -0.3 is 0 Å². The molecule has 0 aliphatic heterocycles. The number of nitrogens with two attached hydrogens (primary N) is 1. The van der Waals surface area contributed by atoms with E-state index in [1.807, 2.05) is 60.8 Å². The molecule has 7 heteroatoms. The first-order valence-electron chi connectivity index (χ1n) is 8.46. The molecule has 0 atom stereocenters. The van der Waals surface area contributed by atoms with Crippen molar-refractivity contribution in [3.63, 3.8) is 0 Å². The monoisotopic (exact) mass is 453 g/mol. The van der Waals surface area contributed by atoms with E-state index in [4.69, 9.17) is 10.2 Å². The summed E-state index contributed by atoms with van der Waals surface area (Å²) in [5, 5.41) is 9.95. The minimum absolute atomic E-state index is 0.0684. The summed E-state index contributed by atoms with van der Waals surface area (Å²) in [7, 11) is -3.73. The Kier molecular flexibility index (Phi) is 4.89. The van der Waals surface area contributed by atoms with Crippen molar-refractivity contribution >= 4 is 26.0 Å². The molecule has 1 heterocycles. The molecular weight excluding hydrogens is 438 g/mol. The second-order valence-electron chi connectivity index (χ2n) is 6.25. The third-order valence-electron chi connectivity index (χ3n) is 4.33. The Morgan fingerprint density at radius 1 is 0.857 bits per heavy atom. The summed E-state index contributed by atoms with van der Waals surface area (Å²) < 4.78 is 25.7. The largest absolute Gasteiger partial charge is 0.240 e. The maximum atomic E-state index is 11.5. The molecule has 2 N–H and O–H groups in total. The smallest absolute Gasteiger partial charge is 0.238 e. The van der Waals surface area contributed by atoms with Crippen LogP contribution in [-0.4, -0.2) is 18.2 Å². The number of hydrogen-bond donors (Lipinski definition) is 1. The summed E-state index contributed by atoms with van der Waals surface area (Å²) in [6.07, 6.45) is 1.94. The van der Waals surface area contributed by atoms with Gasteiger partial charge in [0.1, 0.15) is 5.69 Å². The van der Waals surface area contributed by atoms with Gasteiger partial charge in [0.2, 0.25) is 10.0 Å². The van der Waals surface area contributed by atoms with Crippen LogP contribution in [0.1, 0.15) is 0 Å². The lowest BCUT2D eigenvalue weighted by atomic mass is 10.0. The van der Waals surface area contributed by atoms with E-state index >= 15 is 0 Å². The fraction of sp³-hybridized carbons (Fsp3) is 0. The second-order valence-corrected chi connectivity index (χ2v) is 8.73. The van der Waals surface area contributed by atoms with E-state index in [-0.39, 0.29) is 4.90 Å². The van der Waals surface area contributed by atoms with Crippen molar-refractivity contribution in [2.45, 2.75) is 4.90 Å². The minimum atomic E-state index is -3.73. The first kappa shape index (κ1) is 18.6. The fourth-order valence-electron chi connectivity index (χ4n) is 2.97. The molecule has 0 amide bonds. The van der Waals surface area contributed by atoms with Crippen molar-refractivity contribution in [1.82, 2.24) is 9.78 Å². The van der Waals surface area contributed by atoms with Crippen molar-refractivity contribution in [2.24, 2.45) is 5.14 Å². The summed E-state index contributed by atoms with van der Waals surface area (Å²) in [5.74, 6) is 0. The van der Waals surface area contributed by atoms with E-state index in [1.54, 1.807) is 16.8 Å². The summed E-state index contributed by atoms with van der Waals surface area (Å²) in [6, 6.07) is 24.3. The van der Waals surface area contributed by atoms with Crippen LogP contribution in [0.3, 0.4) is 0 Å². The maximum absolute atomic E-state index is 11.5. The molecule has 28 heavy (non-hydrogen) atoms. The van der Waals surface area contributed by atoms with Gasteiger partial charge in [-0.25, -0.2) is 18.2 Å². The van der Waals surface area contributed by atoms with Gasteiger partial charge in [-0.1, -0.05) is 58.4 Å². The Morgan fingerprint density at radius 2 is 1.54 bits per heavy atom. The Hall–Kier alpha value is -2.74. The molecule has 0 bridgehead atoms. The maximum Gasteiger partial charge on any atom is 0.238 e. The molecule has 0 spiro atoms. The number of benzene rings is 3. The van der Waals surface area contributed by atoms with E-state index in [0.29, 0.717) is 0 Å². The average Bonchev–Trinajstić information content (AvgIpc) is 3.14. The SMILES string of the molecule is NS(=O)(=O)c1ccc(-n2cc(-c3cccc(Br)c3)c(-c3ccccc3)n2)cc1. The average molecular weight is 454 g/mol. The van der Waals surface area contributed by atoms with Gasteiger partial charge in [-0.15, -0.1) is 0 Å². The van der Waals surface area contributed by atoms with Crippen molar-refractivity contribution in [1.29, 1.82) is 0 Å². The van der Waals surface area contributed by atoms with E-state index in [0.717, 1.165) is 32.5 Å². The molecule has 0 radical (unpaired) electrons. The van der Waals surface area contributed by atoms with Crippen LogP contribution in [0.25, 0.3) is 28.1 Å². The van der Waals surface area contributed by atoms with Gasteiger partial charge in [-0.05, 0) is 42.0 Å². The van der Waals surface area contributed by atoms with Crippen LogP contribution in [-0.2, 0) is 10.0 Å². The number of aromatic nitrogens is 2. The van der Waals surface area contributed by atoms with Gasteiger partial charge in [0.15, 0.2) is 0 Å². The Morgan fingerprint density at radius 3 is 2.18 bits per heavy atom. The zero-order valence-electron chi connectivity index (χ0n) is 14.7. The van der Waals surface area contributed by atoms with Crippen molar-refractivity contribution < 1.29 is 8.42 Å². The quantitative estimate of drug-likeness (QED) is 0.489. The molecular formula is C21H16BrN3O2S. The standard InChI is InChI=1S/C21H16BrN3O2S/c22-17-8-4-7-16(13-17)20-14-25(24-21(20)15-5-2-1-3-6-15)18-9-11-19(12-10-18)28(23,26)27/h1-14H,(H2,23,26,27). The van der Waals surface area contributed by atoms with Crippen LogP contribution in [0.2, 0.25) is 0 Å². The molecule has 140 valence electrons. The highest BCUT2D eigenvalue weighted by atomic mass is 79.9. The lowest BCUT2D eigenvalue weighted by Gasteiger charge is -2.03. The van der Waals surface area contributed by atoms with Crippen molar-refractivity contribution in [3.05, 3.63) is 89.5 Å². The second kappa shape index (κ2) is 7.35. The van der Waals surface area contributed by atoms with Crippen LogP contribution >= 0.6 is 15.9 Å². The summed E-state index contributed by atoms with van der Waals surface area (Å²) in [6.45, 7) is 0. The highest BCUT2D eigenvalue weighted by molar-refractivity contribution is 9.10. The lowest BCUT2D eigenvalue weighted by molar-refractivity contribution is 0.598. The summed E-state index contributed by atoms with van der Waals surface area (Å²) in [5.41, 5.74) is 4.58. The predicted molar refractivity (Wildman–Crippen MR) is 114 cm³/mol. The van der Waals surface area contributed by atoms with Crippen LogP contribution in [0.5, 0.6) is 0 Å². The van der Waals surface area contributed by atoms with E-state index in [9.17, 15) is 8.42 Å². The normalized spacial score (nSPS) is 11.5. The molecule has 4 aromatic rings. The van der Waals surface area contributed by atoms with Gasteiger partial charge in [0.25, 0.3) is 0 Å². The molecule has 0 fully saturated rings. The number of nitrogens with zero attached hydrogens (tertiary/aromatic N) is 2. The fourth-order valence-corrected chi connectivity index (χ4v) is 3.89.